The molecule has 0 amide bonds. The molecule has 8 heteroatoms. The monoisotopic (exact) mass is 492 g/mol. The second-order valence-corrected chi connectivity index (χ2v) is 11.2. The number of ether oxygens (including phenoxy) is 2. The maximum atomic E-state index is 13.6. The first-order valence-electron chi connectivity index (χ1n) is 12.7. The number of Topliss-reactive ketones (excluding diaryl/α,β-unsaturated/α-hetero) is 1. The van der Waals surface area contributed by atoms with Crippen LogP contribution < -0.4 is 9.64 Å². The molecule has 36 heavy (non-hydrogen) atoms. The summed E-state index contributed by atoms with van der Waals surface area (Å²) in [5, 5.41) is 19.1. The molecule has 192 valence electrons. The van der Waals surface area contributed by atoms with Gasteiger partial charge in [0.25, 0.3) is 0 Å². The van der Waals surface area contributed by atoms with E-state index in [-0.39, 0.29) is 23.8 Å². The summed E-state index contributed by atoms with van der Waals surface area (Å²) >= 11 is 0. The van der Waals surface area contributed by atoms with E-state index in [2.05, 4.69) is 32.9 Å². The highest BCUT2D eigenvalue weighted by Crippen LogP contribution is 2.42. The number of nitrogens with one attached hydrogen (secondary N) is 1. The number of benzene rings is 1. The first-order chi connectivity index (χ1) is 17.1. The Morgan fingerprint density at radius 3 is 2.56 bits per heavy atom. The minimum absolute atomic E-state index is 0.0626. The van der Waals surface area contributed by atoms with E-state index in [1.165, 1.54) is 0 Å². The largest absolute Gasteiger partial charge is 0.494 e. The zero-order chi connectivity index (χ0) is 25.8. The second-order valence-electron chi connectivity index (χ2n) is 11.2. The summed E-state index contributed by atoms with van der Waals surface area (Å²) in [4.78, 5) is 22.2. The Morgan fingerprint density at radius 2 is 1.94 bits per heavy atom. The van der Waals surface area contributed by atoms with Crippen molar-refractivity contribution in [3.8, 4) is 5.75 Å². The zero-order valence-electron chi connectivity index (χ0n) is 21.8. The van der Waals surface area contributed by atoms with Crippen LogP contribution in [0.4, 0.5) is 5.69 Å². The number of aliphatic hydroxyl groups is 1. The Bertz CT molecular complexity index is 1200. The number of amidine groups is 1. The summed E-state index contributed by atoms with van der Waals surface area (Å²) in [5.74, 6) is 1.49. The van der Waals surface area contributed by atoms with E-state index >= 15 is 0 Å². The minimum atomic E-state index is -0.617. The molecule has 0 spiro atoms. The zero-order valence-corrected chi connectivity index (χ0v) is 21.8. The quantitative estimate of drug-likeness (QED) is 0.571. The smallest absolute Gasteiger partial charge is 0.182 e. The van der Waals surface area contributed by atoms with Crippen molar-refractivity contribution in [1.29, 1.82) is 5.41 Å². The molecule has 1 aromatic carbocycles. The van der Waals surface area contributed by atoms with Crippen LogP contribution in [0.25, 0.3) is 0 Å². The molecule has 1 saturated heterocycles. The number of nitrogens with zero attached hydrogens (tertiary/aromatic N) is 3. The Morgan fingerprint density at radius 1 is 1.19 bits per heavy atom. The van der Waals surface area contributed by atoms with Crippen LogP contribution >= 0.6 is 0 Å². The fraction of sp³-hybridized carbons (Fsp3) is 0.536. The molecule has 1 aliphatic carbocycles. The summed E-state index contributed by atoms with van der Waals surface area (Å²) in [6, 6.07) is 7.90. The van der Waals surface area contributed by atoms with Crippen LogP contribution in [-0.4, -0.2) is 72.7 Å². The summed E-state index contributed by atoms with van der Waals surface area (Å²) < 4.78 is 11.3. The lowest BCUT2D eigenvalue weighted by molar-refractivity contribution is 0.0217. The van der Waals surface area contributed by atoms with Crippen LogP contribution in [0.5, 0.6) is 5.75 Å². The molecule has 2 N–H and O–H groups in total. The lowest BCUT2D eigenvalue weighted by Gasteiger charge is -2.29. The Kier molecular flexibility index (Phi) is 6.29. The highest BCUT2D eigenvalue weighted by molar-refractivity contribution is 6.05. The summed E-state index contributed by atoms with van der Waals surface area (Å²) in [6.07, 6.45) is 1.41. The number of rotatable bonds is 7. The van der Waals surface area contributed by atoms with Gasteiger partial charge in [0, 0.05) is 55.0 Å². The maximum absolute atomic E-state index is 13.6. The molecule has 3 heterocycles. The van der Waals surface area contributed by atoms with Gasteiger partial charge in [0.15, 0.2) is 5.78 Å². The third kappa shape index (κ3) is 4.48. The molecule has 2 fully saturated rings. The van der Waals surface area contributed by atoms with Gasteiger partial charge in [-0.15, -0.1) is 0 Å². The number of hydrogen-bond donors (Lipinski definition) is 2. The number of hydrogen-bond acceptors (Lipinski definition) is 7. The molecule has 2 atom stereocenters. The number of aliphatic hydroxyl groups excluding tert-OH is 1. The number of aromatic nitrogens is 1. The van der Waals surface area contributed by atoms with E-state index in [1.807, 2.05) is 17.0 Å². The first-order valence-corrected chi connectivity index (χ1v) is 12.7. The third-order valence-corrected chi connectivity index (χ3v) is 7.52. The number of methoxy groups -OCH3 is 2. The van der Waals surface area contributed by atoms with E-state index < -0.39 is 6.10 Å². The average molecular weight is 493 g/mol. The van der Waals surface area contributed by atoms with Gasteiger partial charge in [0.2, 0.25) is 0 Å². The van der Waals surface area contributed by atoms with Gasteiger partial charge in [-0.05, 0) is 36.5 Å². The van der Waals surface area contributed by atoms with E-state index in [1.54, 1.807) is 19.1 Å². The molecule has 3 aliphatic rings. The molecule has 0 bridgehead atoms. The standard InChI is InChI=1S/C28H36N4O4/c1-28(2,3)19-10-18(11-21(26(19)36-5)31-14-23(34)24(15-31)35-4)22(33)13-32-12-17-8-9-20(16-6-7-16)30-25(17)27(32)29/h8-11,16,23-24,29,34H,6-7,12-15H2,1-5H3. The van der Waals surface area contributed by atoms with Gasteiger partial charge in [0.1, 0.15) is 23.4 Å². The predicted octanol–water partition coefficient (Wildman–Crippen LogP) is 3.48. The summed E-state index contributed by atoms with van der Waals surface area (Å²) in [7, 11) is 3.24. The number of β-amino-alcohol motifs (C(OH)–C–C–N with tert-alkyl or cyclic N) is 1. The van der Waals surface area contributed by atoms with Gasteiger partial charge >= 0.3 is 0 Å². The van der Waals surface area contributed by atoms with Gasteiger partial charge in [0.05, 0.1) is 25.4 Å². The number of fused-ring (bicyclic) bond motifs is 1. The Balaban J connectivity index is 1.44. The number of anilines is 1. The number of ketones is 1. The SMILES string of the molecule is COc1c(N2CC(O)C(OC)C2)cc(C(=O)CN2Cc3ccc(C4CC4)nc3C2=N)cc1C(C)(C)C. The normalized spacial score (nSPS) is 21.8. The molecular weight excluding hydrogens is 456 g/mol. The van der Waals surface area contributed by atoms with Crippen molar-refractivity contribution in [1.82, 2.24) is 9.88 Å². The predicted molar refractivity (Wildman–Crippen MR) is 138 cm³/mol. The van der Waals surface area contributed by atoms with Crippen LogP contribution in [0.3, 0.4) is 0 Å². The number of carbonyl (C=O) groups is 1. The van der Waals surface area contributed by atoms with Crippen LogP contribution in [0.15, 0.2) is 24.3 Å². The molecule has 2 aliphatic heterocycles. The van der Waals surface area contributed by atoms with Gasteiger partial charge in [-0.3, -0.25) is 10.2 Å². The van der Waals surface area contributed by atoms with Gasteiger partial charge in [-0.2, -0.15) is 0 Å². The van der Waals surface area contributed by atoms with Crippen molar-refractivity contribution in [3.63, 3.8) is 0 Å². The fourth-order valence-electron chi connectivity index (χ4n) is 5.24. The van der Waals surface area contributed by atoms with Crippen LogP contribution in [0, 0.1) is 5.41 Å². The Labute approximate surface area is 212 Å². The molecule has 8 nitrogen and oxygen atoms in total. The summed E-state index contributed by atoms with van der Waals surface area (Å²) in [5.41, 5.74) is 4.77. The van der Waals surface area contributed by atoms with Crippen molar-refractivity contribution in [2.75, 3.05) is 38.8 Å². The van der Waals surface area contributed by atoms with E-state index in [4.69, 9.17) is 19.9 Å². The molecule has 2 aromatic rings. The maximum Gasteiger partial charge on any atom is 0.182 e. The molecule has 0 radical (unpaired) electrons. The van der Waals surface area contributed by atoms with Crippen LogP contribution in [0.2, 0.25) is 0 Å². The summed E-state index contributed by atoms with van der Waals surface area (Å²) in [6.45, 7) is 7.81. The van der Waals surface area contributed by atoms with Crippen molar-refractivity contribution < 1.29 is 19.4 Å². The van der Waals surface area contributed by atoms with Crippen molar-refractivity contribution >= 4 is 17.3 Å². The average Bonchev–Trinajstić information content (AvgIpc) is 3.56. The van der Waals surface area contributed by atoms with Gasteiger partial charge in [-0.1, -0.05) is 26.8 Å². The van der Waals surface area contributed by atoms with Crippen molar-refractivity contribution in [3.05, 3.63) is 52.3 Å². The van der Waals surface area contributed by atoms with E-state index in [9.17, 15) is 9.90 Å². The van der Waals surface area contributed by atoms with E-state index in [0.717, 1.165) is 35.3 Å². The third-order valence-electron chi connectivity index (χ3n) is 7.52. The van der Waals surface area contributed by atoms with Crippen molar-refractivity contribution in [2.45, 2.75) is 63.7 Å². The highest BCUT2D eigenvalue weighted by atomic mass is 16.5. The van der Waals surface area contributed by atoms with Crippen LogP contribution in [0.1, 0.15) is 72.4 Å². The molecule has 2 unspecified atom stereocenters. The van der Waals surface area contributed by atoms with Gasteiger partial charge < -0.3 is 24.4 Å². The second kappa shape index (κ2) is 9.16. The number of pyridine rings is 1. The molecule has 1 aromatic heterocycles. The fourth-order valence-corrected chi connectivity index (χ4v) is 5.24. The molecule has 1 saturated carbocycles. The topological polar surface area (TPSA) is 99.0 Å². The van der Waals surface area contributed by atoms with E-state index in [0.29, 0.717) is 48.4 Å². The molecule has 5 rings (SSSR count). The Hall–Kier alpha value is -2.97. The van der Waals surface area contributed by atoms with Crippen molar-refractivity contribution in [2.24, 2.45) is 0 Å². The minimum Gasteiger partial charge on any atom is -0.494 e. The highest BCUT2D eigenvalue weighted by Gasteiger charge is 2.36. The molecular formula is C28H36N4O4. The lowest BCUT2D eigenvalue weighted by atomic mass is 9.84. The van der Waals surface area contributed by atoms with Crippen LogP contribution in [-0.2, 0) is 16.7 Å². The first kappa shape index (κ1) is 24.7. The van der Waals surface area contributed by atoms with Gasteiger partial charge in [-0.25, -0.2) is 4.98 Å². The lowest BCUT2D eigenvalue weighted by Crippen LogP contribution is -2.31. The number of carbonyl (C=O) groups excluding carboxylic acids is 1.